The van der Waals surface area contributed by atoms with Crippen LogP contribution in [0.15, 0.2) is 18.2 Å². The SMILES string of the molecule is CCOC(CC)C(NC)c1cccc2c1OCC2. The fraction of sp³-hybridized carbons (Fsp3) is 0.600. The Hall–Kier alpha value is -1.06. The molecule has 0 spiro atoms. The van der Waals surface area contributed by atoms with Crippen molar-refractivity contribution in [2.45, 2.75) is 38.8 Å². The zero-order chi connectivity index (χ0) is 13.0. The lowest BCUT2D eigenvalue weighted by atomic mass is 9.96. The molecule has 100 valence electrons. The molecule has 3 heteroatoms. The highest BCUT2D eigenvalue weighted by molar-refractivity contribution is 5.46. The number of hydrogen-bond donors (Lipinski definition) is 1. The maximum Gasteiger partial charge on any atom is 0.127 e. The summed E-state index contributed by atoms with van der Waals surface area (Å²) in [5, 5.41) is 3.38. The molecule has 2 atom stereocenters. The van der Waals surface area contributed by atoms with Crippen molar-refractivity contribution in [2.75, 3.05) is 20.3 Å². The summed E-state index contributed by atoms with van der Waals surface area (Å²) in [7, 11) is 1.99. The Morgan fingerprint density at radius 2 is 2.22 bits per heavy atom. The van der Waals surface area contributed by atoms with Gasteiger partial charge in [-0.3, -0.25) is 0 Å². The standard InChI is InChI=1S/C15H23NO2/c1-4-13(17-5-2)14(16-3)12-8-6-7-11-9-10-18-15(11)12/h6-8,13-14,16H,4-5,9-10H2,1-3H3. The van der Waals surface area contributed by atoms with E-state index in [2.05, 4.69) is 30.4 Å². The Kier molecular flexibility index (Phi) is 4.61. The van der Waals surface area contributed by atoms with Crippen molar-refractivity contribution in [3.8, 4) is 5.75 Å². The van der Waals surface area contributed by atoms with Crippen LogP contribution in [0.5, 0.6) is 5.75 Å². The highest BCUT2D eigenvalue weighted by Gasteiger charge is 2.26. The number of ether oxygens (including phenoxy) is 2. The minimum Gasteiger partial charge on any atom is -0.493 e. The number of hydrogen-bond acceptors (Lipinski definition) is 3. The molecule has 0 saturated heterocycles. The second-order valence-corrected chi connectivity index (χ2v) is 4.60. The van der Waals surface area contributed by atoms with Gasteiger partial charge < -0.3 is 14.8 Å². The lowest BCUT2D eigenvalue weighted by Crippen LogP contribution is -2.31. The summed E-state index contributed by atoms with van der Waals surface area (Å²) >= 11 is 0. The van der Waals surface area contributed by atoms with E-state index in [1.165, 1.54) is 11.1 Å². The van der Waals surface area contributed by atoms with Crippen LogP contribution in [0.1, 0.15) is 37.4 Å². The predicted molar refractivity (Wildman–Crippen MR) is 73.1 cm³/mol. The first-order chi connectivity index (χ1) is 8.81. The Balaban J connectivity index is 2.30. The highest BCUT2D eigenvalue weighted by Crippen LogP contribution is 2.35. The molecule has 0 aliphatic carbocycles. The topological polar surface area (TPSA) is 30.5 Å². The molecule has 1 aliphatic heterocycles. The molecule has 1 N–H and O–H groups in total. The largest absolute Gasteiger partial charge is 0.493 e. The molecule has 0 fully saturated rings. The van der Waals surface area contributed by atoms with Crippen molar-refractivity contribution >= 4 is 0 Å². The molecule has 0 bridgehead atoms. The van der Waals surface area contributed by atoms with E-state index in [1.54, 1.807) is 0 Å². The monoisotopic (exact) mass is 249 g/mol. The van der Waals surface area contributed by atoms with Crippen LogP contribution >= 0.6 is 0 Å². The van der Waals surface area contributed by atoms with Gasteiger partial charge in [0.25, 0.3) is 0 Å². The third-order valence-electron chi connectivity index (χ3n) is 3.55. The first-order valence-electron chi connectivity index (χ1n) is 6.85. The Morgan fingerprint density at radius 3 is 2.89 bits per heavy atom. The lowest BCUT2D eigenvalue weighted by molar-refractivity contribution is 0.0328. The summed E-state index contributed by atoms with van der Waals surface area (Å²) in [5.74, 6) is 1.06. The second kappa shape index (κ2) is 6.21. The average Bonchev–Trinajstić information content (AvgIpc) is 2.87. The van der Waals surface area contributed by atoms with Gasteiger partial charge in [-0.1, -0.05) is 25.1 Å². The summed E-state index contributed by atoms with van der Waals surface area (Å²) in [4.78, 5) is 0. The van der Waals surface area contributed by atoms with Gasteiger partial charge in [0.1, 0.15) is 5.75 Å². The van der Waals surface area contributed by atoms with Gasteiger partial charge in [-0.05, 0) is 26.0 Å². The lowest BCUT2D eigenvalue weighted by Gasteiger charge is -2.27. The zero-order valence-corrected chi connectivity index (χ0v) is 11.5. The van der Waals surface area contributed by atoms with Gasteiger partial charge >= 0.3 is 0 Å². The molecule has 0 saturated carbocycles. The van der Waals surface area contributed by atoms with Gasteiger partial charge in [-0.25, -0.2) is 0 Å². The third kappa shape index (κ3) is 2.52. The van der Waals surface area contributed by atoms with E-state index in [9.17, 15) is 0 Å². The molecule has 2 rings (SSSR count). The molecule has 1 aromatic carbocycles. The molecule has 2 unspecified atom stereocenters. The van der Waals surface area contributed by atoms with Crippen LogP contribution in [0.4, 0.5) is 0 Å². The first kappa shape index (κ1) is 13.4. The van der Waals surface area contributed by atoms with Crippen LogP contribution in [0, 0.1) is 0 Å². The van der Waals surface area contributed by atoms with E-state index < -0.39 is 0 Å². The summed E-state index contributed by atoms with van der Waals surface area (Å²) in [6, 6.07) is 6.61. The molecule has 1 heterocycles. The van der Waals surface area contributed by atoms with Gasteiger partial charge in [0.15, 0.2) is 0 Å². The first-order valence-corrected chi connectivity index (χ1v) is 6.85. The molecular weight excluding hydrogens is 226 g/mol. The van der Waals surface area contributed by atoms with E-state index in [1.807, 2.05) is 14.0 Å². The van der Waals surface area contributed by atoms with Crippen molar-refractivity contribution in [1.29, 1.82) is 0 Å². The maximum absolute atomic E-state index is 5.84. The minimum absolute atomic E-state index is 0.190. The van der Waals surface area contributed by atoms with Crippen LogP contribution in [0.3, 0.4) is 0 Å². The molecule has 0 radical (unpaired) electrons. The van der Waals surface area contributed by atoms with E-state index in [0.717, 1.165) is 31.8 Å². The number of fused-ring (bicyclic) bond motifs is 1. The summed E-state index contributed by atoms with van der Waals surface area (Å²) in [6.45, 7) is 5.75. The van der Waals surface area contributed by atoms with Crippen molar-refractivity contribution in [1.82, 2.24) is 5.32 Å². The second-order valence-electron chi connectivity index (χ2n) is 4.60. The van der Waals surface area contributed by atoms with Gasteiger partial charge in [-0.15, -0.1) is 0 Å². The number of nitrogens with one attached hydrogen (secondary N) is 1. The number of rotatable bonds is 6. The quantitative estimate of drug-likeness (QED) is 0.841. The van der Waals surface area contributed by atoms with Gasteiger partial charge in [0.05, 0.1) is 18.8 Å². The Bertz CT molecular complexity index is 392. The van der Waals surface area contributed by atoms with Crippen LogP contribution in [0.25, 0.3) is 0 Å². The van der Waals surface area contributed by atoms with E-state index in [4.69, 9.17) is 9.47 Å². The van der Waals surface area contributed by atoms with Crippen LogP contribution in [-0.4, -0.2) is 26.4 Å². The van der Waals surface area contributed by atoms with Gasteiger partial charge in [0, 0.05) is 18.6 Å². The Morgan fingerprint density at radius 1 is 1.39 bits per heavy atom. The van der Waals surface area contributed by atoms with E-state index in [-0.39, 0.29) is 12.1 Å². The van der Waals surface area contributed by atoms with Crippen LogP contribution in [0.2, 0.25) is 0 Å². The van der Waals surface area contributed by atoms with Crippen molar-refractivity contribution < 1.29 is 9.47 Å². The Labute approximate surface area is 109 Å². The summed E-state index contributed by atoms with van der Waals surface area (Å²) in [5.41, 5.74) is 2.55. The average molecular weight is 249 g/mol. The number of likely N-dealkylation sites (N-methyl/N-ethyl adjacent to an activating group) is 1. The molecule has 0 aromatic heterocycles. The summed E-state index contributed by atoms with van der Waals surface area (Å²) in [6.07, 6.45) is 2.20. The van der Waals surface area contributed by atoms with Crippen LogP contribution in [-0.2, 0) is 11.2 Å². The van der Waals surface area contributed by atoms with Crippen molar-refractivity contribution in [3.05, 3.63) is 29.3 Å². The molecule has 1 aromatic rings. The fourth-order valence-electron chi connectivity index (χ4n) is 2.69. The molecule has 18 heavy (non-hydrogen) atoms. The van der Waals surface area contributed by atoms with Crippen LogP contribution < -0.4 is 10.1 Å². The fourth-order valence-corrected chi connectivity index (χ4v) is 2.69. The molecule has 3 nitrogen and oxygen atoms in total. The van der Waals surface area contributed by atoms with Gasteiger partial charge in [0.2, 0.25) is 0 Å². The summed E-state index contributed by atoms with van der Waals surface area (Å²) < 4.78 is 11.6. The van der Waals surface area contributed by atoms with Crippen molar-refractivity contribution in [2.24, 2.45) is 0 Å². The predicted octanol–water partition coefficient (Wildman–Crippen LogP) is 2.70. The van der Waals surface area contributed by atoms with E-state index >= 15 is 0 Å². The van der Waals surface area contributed by atoms with Gasteiger partial charge in [-0.2, -0.15) is 0 Å². The minimum atomic E-state index is 0.190. The van der Waals surface area contributed by atoms with E-state index in [0.29, 0.717) is 0 Å². The third-order valence-corrected chi connectivity index (χ3v) is 3.55. The molecule has 1 aliphatic rings. The smallest absolute Gasteiger partial charge is 0.127 e. The number of para-hydroxylation sites is 1. The normalized spacial score (nSPS) is 17.1. The molecule has 0 amide bonds. The van der Waals surface area contributed by atoms with Crippen molar-refractivity contribution in [3.63, 3.8) is 0 Å². The molecular formula is C15H23NO2. The highest BCUT2D eigenvalue weighted by atomic mass is 16.5. The maximum atomic E-state index is 5.84. The zero-order valence-electron chi connectivity index (χ0n) is 11.5. The number of benzene rings is 1.